The van der Waals surface area contributed by atoms with Crippen molar-refractivity contribution in [2.24, 2.45) is 5.41 Å². The first kappa shape index (κ1) is 9.33. The fourth-order valence-electron chi connectivity index (χ4n) is 2.26. The number of carbonyl (C=O) groups is 1. The number of Topliss-reactive ketones (excluding diaryl/α,β-unsaturated/α-hetero) is 1. The molecule has 1 spiro atoms. The molecule has 0 bridgehead atoms. The van der Waals surface area contributed by atoms with E-state index < -0.39 is 0 Å². The van der Waals surface area contributed by atoms with Crippen LogP contribution in [0.1, 0.15) is 35.9 Å². The Morgan fingerprint density at radius 1 is 1.53 bits per heavy atom. The molecule has 1 aliphatic carbocycles. The van der Waals surface area contributed by atoms with Gasteiger partial charge in [-0.1, -0.05) is 11.3 Å². The van der Waals surface area contributed by atoms with Crippen molar-refractivity contribution >= 4 is 22.3 Å². The quantitative estimate of drug-likeness (QED) is 0.720. The van der Waals surface area contributed by atoms with Gasteiger partial charge in [-0.25, -0.2) is 4.98 Å². The van der Waals surface area contributed by atoms with Gasteiger partial charge in [0.2, 0.25) is 0 Å². The predicted octanol–water partition coefficient (Wildman–Crippen LogP) is 2.34. The standard InChI is InChI=1S/C11H14N2OS/c1-8(14)9-6-12-10(15-9)13-5-4-11(7-13)2-3-11/h6H,2-5,7H2,1H3. The third-order valence-corrected chi connectivity index (χ3v) is 4.67. The lowest BCUT2D eigenvalue weighted by atomic mass is 10.1. The number of aromatic nitrogens is 1. The minimum Gasteiger partial charge on any atom is -0.348 e. The Bertz CT molecular complexity index is 408. The lowest BCUT2D eigenvalue weighted by Crippen LogP contribution is -2.19. The molecule has 0 N–H and O–H groups in total. The van der Waals surface area contributed by atoms with Crippen LogP contribution in [0.2, 0.25) is 0 Å². The van der Waals surface area contributed by atoms with Crippen molar-refractivity contribution in [3.63, 3.8) is 0 Å². The number of ketones is 1. The van der Waals surface area contributed by atoms with E-state index >= 15 is 0 Å². The summed E-state index contributed by atoms with van der Waals surface area (Å²) in [4.78, 5) is 18.6. The van der Waals surface area contributed by atoms with E-state index in [2.05, 4.69) is 9.88 Å². The first-order valence-corrected chi connectivity index (χ1v) is 6.22. The number of anilines is 1. The molecule has 0 unspecified atom stereocenters. The third kappa shape index (κ3) is 1.57. The lowest BCUT2D eigenvalue weighted by molar-refractivity contribution is 0.102. The van der Waals surface area contributed by atoms with Crippen LogP contribution in [-0.2, 0) is 0 Å². The summed E-state index contributed by atoms with van der Waals surface area (Å²) in [5, 5.41) is 1.03. The van der Waals surface area contributed by atoms with Crippen LogP contribution < -0.4 is 4.90 Å². The van der Waals surface area contributed by atoms with Crippen molar-refractivity contribution in [1.82, 2.24) is 4.98 Å². The zero-order chi connectivity index (χ0) is 10.5. The van der Waals surface area contributed by atoms with Crippen molar-refractivity contribution in [3.05, 3.63) is 11.1 Å². The largest absolute Gasteiger partial charge is 0.348 e. The SMILES string of the molecule is CC(=O)c1cnc(N2CCC3(CC3)C2)s1. The Labute approximate surface area is 93.1 Å². The van der Waals surface area contributed by atoms with E-state index in [-0.39, 0.29) is 5.78 Å². The van der Waals surface area contributed by atoms with E-state index in [1.54, 1.807) is 13.1 Å². The minimum absolute atomic E-state index is 0.124. The minimum atomic E-state index is 0.124. The van der Waals surface area contributed by atoms with Crippen LogP contribution in [0.15, 0.2) is 6.20 Å². The van der Waals surface area contributed by atoms with Gasteiger partial charge < -0.3 is 4.90 Å². The number of thiazole rings is 1. The summed E-state index contributed by atoms with van der Waals surface area (Å²) in [6, 6.07) is 0. The van der Waals surface area contributed by atoms with Gasteiger partial charge in [0.05, 0.1) is 11.1 Å². The average molecular weight is 222 g/mol. The van der Waals surface area contributed by atoms with Crippen LogP contribution in [0.25, 0.3) is 0 Å². The molecular formula is C11H14N2OS. The van der Waals surface area contributed by atoms with Gasteiger partial charge >= 0.3 is 0 Å². The topological polar surface area (TPSA) is 33.2 Å². The number of rotatable bonds is 2. The van der Waals surface area contributed by atoms with Gasteiger partial charge in [0.15, 0.2) is 10.9 Å². The summed E-state index contributed by atoms with van der Waals surface area (Å²) in [5.41, 5.74) is 0.627. The molecule has 80 valence electrons. The first-order chi connectivity index (χ1) is 7.19. The van der Waals surface area contributed by atoms with Gasteiger partial charge in [-0.05, 0) is 24.7 Å². The maximum Gasteiger partial charge on any atom is 0.185 e. The van der Waals surface area contributed by atoms with Gasteiger partial charge in [-0.2, -0.15) is 0 Å². The van der Waals surface area contributed by atoms with E-state index in [1.165, 1.54) is 30.6 Å². The lowest BCUT2D eigenvalue weighted by Gasteiger charge is -2.13. The Morgan fingerprint density at radius 2 is 2.33 bits per heavy atom. The summed E-state index contributed by atoms with van der Waals surface area (Å²) < 4.78 is 0. The number of hydrogen-bond acceptors (Lipinski definition) is 4. The molecule has 2 aliphatic rings. The van der Waals surface area contributed by atoms with Crippen molar-refractivity contribution in [3.8, 4) is 0 Å². The molecule has 1 aromatic heterocycles. The van der Waals surface area contributed by atoms with Crippen molar-refractivity contribution in [1.29, 1.82) is 0 Å². The average Bonchev–Trinajstić information content (AvgIpc) is 2.67. The zero-order valence-corrected chi connectivity index (χ0v) is 9.64. The van der Waals surface area contributed by atoms with Crippen molar-refractivity contribution in [2.45, 2.75) is 26.2 Å². The van der Waals surface area contributed by atoms with Crippen LogP contribution >= 0.6 is 11.3 Å². The van der Waals surface area contributed by atoms with Crippen LogP contribution in [-0.4, -0.2) is 23.9 Å². The molecule has 4 heteroatoms. The zero-order valence-electron chi connectivity index (χ0n) is 8.82. The Balaban J connectivity index is 1.78. The molecule has 3 rings (SSSR count). The monoisotopic (exact) mass is 222 g/mol. The predicted molar refractivity (Wildman–Crippen MR) is 60.6 cm³/mol. The van der Waals surface area contributed by atoms with Crippen LogP contribution in [0.3, 0.4) is 0 Å². The Morgan fingerprint density at radius 3 is 2.87 bits per heavy atom. The second-order valence-corrected chi connectivity index (χ2v) is 5.74. The van der Waals surface area contributed by atoms with Gasteiger partial charge in [0.25, 0.3) is 0 Å². The molecule has 2 fully saturated rings. The molecule has 1 aromatic rings. The molecular weight excluding hydrogens is 208 g/mol. The molecule has 0 aromatic carbocycles. The molecule has 0 atom stereocenters. The molecule has 0 amide bonds. The molecule has 1 saturated carbocycles. The maximum atomic E-state index is 11.2. The highest BCUT2D eigenvalue weighted by molar-refractivity contribution is 7.17. The Hall–Kier alpha value is -0.900. The fraction of sp³-hybridized carbons (Fsp3) is 0.636. The molecule has 1 saturated heterocycles. The first-order valence-electron chi connectivity index (χ1n) is 5.40. The van der Waals surface area contributed by atoms with E-state index in [0.29, 0.717) is 5.41 Å². The highest BCUT2D eigenvalue weighted by atomic mass is 32.1. The summed E-state index contributed by atoms with van der Waals surface area (Å²) in [6.07, 6.45) is 5.78. The van der Waals surface area contributed by atoms with Crippen molar-refractivity contribution in [2.75, 3.05) is 18.0 Å². The van der Waals surface area contributed by atoms with Crippen molar-refractivity contribution < 1.29 is 4.79 Å². The molecule has 15 heavy (non-hydrogen) atoms. The fourth-order valence-corrected chi connectivity index (χ4v) is 3.09. The highest BCUT2D eigenvalue weighted by Crippen LogP contribution is 2.53. The van der Waals surface area contributed by atoms with E-state index in [0.717, 1.165) is 23.1 Å². The molecule has 1 aliphatic heterocycles. The van der Waals surface area contributed by atoms with Gasteiger partial charge in [-0.3, -0.25) is 4.79 Å². The van der Waals surface area contributed by atoms with E-state index in [9.17, 15) is 4.79 Å². The van der Waals surface area contributed by atoms with Crippen LogP contribution in [0, 0.1) is 5.41 Å². The van der Waals surface area contributed by atoms with Crippen LogP contribution in [0.5, 0.6) is 0 Å². The van der Waals surface area contributed by atoms with E-state index in [4.69, 9.17) is 0 Å². The Kier molecular flexibility index (Phi) is 1.89. The van der Waals surface area contributed by atoms with Gasteiger partial charge in [0, 0.05) is 20.0 Å². The summed E-state index contributed by atoms with van der Waals surface area (Å²) >= 11 is 1.53. The maximum absolute atomic E-state index is 11.2. The summed E-state index contributed by atoms with van der Waals surface area (Å²) in [5.74, 6) is 0.124. The highest BCUT2D eigenvalue weighted by Gasteiger charge is 2.48. The third-order valence-electron chi connectivity index (χ3n) is 3.51. The van der Waals surface area contributed by atoms with E-state index in [1.807, 2.05) is 0 Å². The second-order valence-electron chi connectivity index (χ2n) is 4.73. The normalized spacial score (nSPS) is 22.3. The summed E-state index contributed by atoms with van der Waals surface area (Å²) in [7, 11) is 0. The van der Waals surface area contributed by atoms with Crippen LogP contribution in [0.4, 0.5) is 5.13 Å². The number of nitrogens with zero attached hydrogens (tertiary/aromatic N) is 2. The number of carbonyl (C=O) groups excluding carboxylic acids is 1. The number of hydrogen-bond donors (Lipinski definition) is 0. The van der Waals surface area contributed by atoms with Gasteiger partial charge in [-0.15, -0.1) is 0 Å². The smallest absolute Gasteiger partial charge is 0.185 e. The summed E-state index contributed by atoms with van der Waals surface area (Å²) in [6.45, 7) is 3.87. The molecule has 2 heterocycles. The van der Waals surface area contributed by atoms with Gasteiger partial charge in [0.1, 0.15) is 0 Å². The molecule has 3 nitrogen and oxygen atoms in total. The second kappa shape index (κ2) is 3.04. The molecule has 0 radical (unpaired) electrons.